The highest BCUT2D eigenvalue weighted by molar-refractivity contribution is 7.71. The lowest BCUT2D eigenvalue weighted by atomic mass is 9.77. The van der Waals surface area contributed by atoms with Crippen LogP contribution >= 0.6 is 12.2 Å². The molecule has 0 atom stereocenters. The number of carbonyl (C=O) groups excluding carboxylic acids is 1. The molecule has 1 aliphatic heterocycles. The number of carbonyl (C=O) groups is 1. The fourth-order valence-corrected chi connectivity index (χ4v) is 3.13. The molecule has 1 aliphatic rings. The van der Waals surface area contributed by atoms with Crippen molar-refractivity contribution in [1.82, 2.24) is 14.9 Å². The average Bonchev–Trinajstić information content (AvgIpc) is 3.12. The van der Waals surface area contributed by atoms with Gasteiger partial charge in [0.15, 0.2) is 4.77 Å². The quantitative estimate of drug-likeness (QED) is 0.595. The van der Waals surface area contributed by atoms with Crippen LogP contribution in [0.1, 0.15) is 40.2 Å². The maximum absolute atomic E-state index is 11.4. The second-order valence-corrected chi connectivity index (χ2v) is 8.33. The van der Waals surface area contributed by atoms with E-state index in [4.69, 9.17) is 21.5 Å². The van der Waals surface area contributed by atoms with Crippen LogP contribution in [-0.4, -0.2) is 40.3 Å². The summed E-state index contributed by atoms with van der Waals surface area (Å²) in [4.78, 5) is 14.4. The van der Waals surface area contributed by atoms with Crippen LogP contribution < -0.4 is 5.32 Å². The number of rotatable bonds is 5. The molecule has 1 amide bonds. The Bertz CT molecular complexity index is 928. The van der Waals surface area contributed by atoms with E-state index in [2.05, 4.69) is 10.3 Å². The SMILES string of the molecule is CC(=O)NCC(=Cc1ccc(-n2cc[nH]c2=S)cc1)B1OC(C)(C)C(C)(C)O1. The van der Waals surface area contributed by atoms with Crippen LogP contribution in [0, 0.1) is 4.77 Å². The van der Waals surface area contributed by atoms with Crippen molar-refractivity contribution < 1.29 is 14.1 Å². The van der Waals surface area contributed by atoms with E-state index < -0.39 is 18.3 Å². The molecule has 8 heteroatoms. The average molecular weight is 399 g/mol. The number of aromatic amines is 1. The second kappa shape index (κ2) is 7.70. The molecule has 2 heterocycles. The molecular weight excluding hydrogens is 373 g/mol. The van der Waals surface area contributed by atoms with E-state index >= 15 is 0 Å². The van der Waals surface area contributed by atoms with Crippen LogP contribution in [0.3, 0.4) is 0 Å². The Morgan fingerprint density at radius 2 is 1.82 bits per heavy atom. The van der Waals surface area contributed by atoms with Crippen LogP contribution in [0.5, 0.6) is 0 Å². The van der Waals surface area contributed by atoms with E-state index in [0.29, 0.717) is 11.3 Å². The third-order valence-corrected chi connectivity index (χ3v) is 5.58. The first-order valence-electron chi connectivity index (χ1n) is 9.26. The largest absolute Gasteiger partial charge is 0.492 e. The summed E-state index contributed by atoms with van der Waals surface area (Å²) < 4.78 is 14.9. The predicted molar refractivity (Wildman–Crippen MR) is 114 cm³/mol. The maximum atomic E-state index is 11.4. The zero-order valence-corrected chi connectivity index (χ0v) is 17.7. The van der Waals surface area contributed by atoms with E-state index in [-0.39, 0.29) is 5.91 Å². The van der Waals surface area contributed by atoms with Gasteiger partial charge in [0, 0.05) is 31.5 Å². The van der Waals surface area contributed by atoms with Gasteiger partial charge >= 0.3 is 7.12 Å². The fourth-order valence-electron chi connectivity index (χ4n) is 2.89. The van der Waals surface area contributed by atoms with Crippen LogP contribution in [-0.2, 0) is 14.1 Å². The Morgan fingerprint density at radius 3 is 2.32 bits per heavy atom. The molecule has 0 aliphatic carbocycles. The Kier molecular flexibility index (Phi) is 5.65. The number of benzene rings is 1. The zero-order valence-electron chi connectivity index (χ0n) is 16.9. The molecular formula is C20H26BN3O3S. The van der Waals surface area contributed by atoms with Gasteiger partial charge in [-0.05, 0) is 63.1 Å². The van der Waals surface area contributed by atoms with E-state index in [9.17, 15) is 4.79 Å². The lowest BCUT2D eigenvalue weighted by Gasteiger charge is -2.32. The standard InChI is InChI=1S/C20H26BN3O3S/c1-14(25)23-13-16(21-26-19(2,3)20(4,5)27-21)12-15-6-8-17(9-7-15)24-11-10-22-18(24)28/h6-12H,13H2,1-5H3,(H,22,28)(H,23,25). The summed E-state index contributed by atoms with van der Waals surface area (Å²) in [5.74, 6) is -0.0976. The molecule has 1 fully saturated rings. The van der Waals surface area contributed by atoms with Gasteiger partial charge in [-0.2, -0.15) is 0 Å². The molecule has 1 aromatic heterocycles. The minimum atomic E-state index is -0.519. The van der Waals surface area contributed by atoms with Crippen molar-refractivity contribution in [3.05, 3.63) is 52.5 Å². The van der Waals surface area contributed by atoms with Gasteiger partial charge in [0.2, 0.25) is 5.91 Å². The van der Waals surface area contributed by atoms with Crippen molar-refractivity contribution in [2.24, 2.45) is 0 Å². The first kappa shape index (κ1) is 20.6. The molecule has 0 spiro atoms. The lowest BCUT2D eigenvalue weighted by Crippen LogP contribution is -2.41. The highest BCUT2D eigenvalue weighted by Gasteiger charge is 2.52. The smallest absolute Gasteiger partial charge is 0.400 e. The van der Waals surface area contributed by atoms with Gasteiger partial charge in [-0.15, -0.1) is 0 Å². The highest BCUT2D eigenvalue weighted by atomic mass is 32.1. The molecule has 0 unspecified atom stereocenters. The molecule has 0 bridgehead atoms. The van der Waals surface area contributed by atoms with Gasteiger partial charge in [-0.25, -0.2) is 0 Å². The van der Waals surface area contributed by atoms with E-state index in [1.54, 1.807) is 6.20 Å². The minimum absolute atomic E-state index is 0.0976. The van der Waals surface area contributed by atoms with Gasteiger partial charge in [0.25, 0.3) is 0 Å². The first-order chi connectivity index (χ1) is 13.1. The summed E-state index contributed by atoms with van der Waals surface area (Å²) >= 11 is 5.27. The van der Waals surface area contributed by atoms with Crippen molar-refractivity contribution in [3.63, 3.8) is 0 Å². The number of amides is 1. The predicted octanol–water partition coefficient (Wildman–Crippen LogP) is 3.69. The van der Waals surface area contributed by atoms with Gasteiger partial charge in [-0.3, -0.25) is 9.36 Å². The summed E-state index contributed by atoms with van der Waals surface area (Å²) in [6.45, 7) is 9.90. The van der Waals surface area contributed by atoms with Crippen LogP contribution in [0.25, 0.3) is 11.8 Å². The van der Waals surface area contributed by atoms with Crippen molar-refractivity contribution in [3.8, 4) is 5.69 Å². The molecule has 2 N–H and O–H groups in total. The van der Waals surface area contributed by atoms with Crippen LogP contribution in [0.2, 0.25) is 0 Å². The Balaban J connectivity index is 1.88. The van der Waals surface area contributed by atoms with Crippen molar-refractivity contribution >= 4 is 31.3 Å². The number of nitrogens with zero attached hydrogens (tertiary/aromatic N) is 1. The van der Waals surface area contributed by atoms with Crippen molar-refractivity contribution in [2.45, 2.75) is 45.8 Å². The number of hydrogen-bond donors (Lipinski definition) is 2. The molecule has 1 saturated heterocycles. The van der Waals surface area contributed by atoms with E-state index in [0.717, 1.165) is 16.7 Å². The third-order valence-electron chi connectivity index (χ3n) is 5.27. The number of H-pyrrole nitrogens is 1. The lowest BCUT2D eigenvalue weighted by molar-refractivity contribution is -0.118. The molecule has 148 valence electrons. The fraction of sp³-hybridized carbons (Fsp3) is 0.400. The third kappa shape index (κ3) is 4.29. The van der Waals surface area contributed by atoms with Crippen LogP contribution in [0.4, 0.5) is 0 Å². The number of hydrogen-bond acceptors (Lipinski definition) is 4. The molecule has 0 radical (unpaired) electrons. The molecule has 6 nitrogen and oxygen atoms in total. The molecule has 1 aromatic carbocycles. The van der Waals surface area contributed by atoms with E-state index in [1.165, 1.54) is 6.92 Å². The van der Waals surface area contributed by atoms with Crippen molar-refractivity contribution in [1.29, 1.82) is 0 Å². The summed E-state index contributed by atoms with van der Waals surface area (Å²) in [6, 6.07) is 8.00. The summed E-state index contributed by atoms with van der Waals surface area (Å²) in [5.41, 5.74) is 1.94. The Hall–Kier alpha value is -2.16. The Morgan fingerprint density at radius 1 is 1.21 bits per heavy atom. The topological polar surface area (TPSA) is 68.3 Å². The van der Waals surface area contributed by atoms with Gasteiger partial charge in [0.1, 0.15) is 0 Å². The number of imidazole rings is 1. The molecule has 0 saturated carbocycles. The highest BCUT2D eigenvalue weighted by Crippen LogP contribution is 2.38. The number of aromatic nitrogens is 2. The Labute approximate surface area is 171 Å². The minimum Gasteiger partial charge on any atom is -0.400 e. The van der Waals surface area contributed by atoms with Crippen LogP contribution in [0.15, 0.2) is 42.1 Å². The summed E-state index contributed by atoms with van der Waals surface area (Å²) in [6.07, 6.45) is 5.69. The van der Waals surface area contributed by atoms with Gasteiger partial charge < -0.3 is 19.6 Å². The van der Waals surface area contributed by atoms with Gasteiger partial charge in [0.05, 0.1) is 11.2 Å². The molecule has 3 rings (SSSR count). The summed E-state index contributed by atoms with van der Waals surface area (Å²) in [7, 11) is -0.519. The normalized spacial score (nSPS) is 18.3. The first-order valence-corrected chi connectivity index (χ1v) is 9.67. The maximum Gasteiger partial charge on any atom is 0.492 e. The molecule has 28 heavy (non-hydrogen) atoms. The zero-order chi connectivity index (χ0) is 20.5. The number of nitrogens with one attached hydrogen (secondary N) is 2. The monoisotopic (exact) mass is 399 g/mol. The van der Waals surface area contributed by atoms with Gasteiger partial charge in [-0.1, -0.05) is 18.2 Å². The molecule has 2 aromatic rings. The second-order valence-electron chi connectivity index (χ2n) is 7.94. The summed E-state index contributed by atoms with van der Waals surface area (Å²) in [5, 5.41) is 2.85. The van der Waals surface area contributed by atoms with E-state index in [1.807, 2.05) is 68.8 Å². The van der Waals surface area contributed by atoms with Crippen molar-refractivity contribution in [2.75, 3.05) is 6.54 Å².